The van der Waals surface area contributed by atoms with Gasteiger partial charge >= 0.3 is 0 Å². The van der Waals surface area contributed by atoms with Gasteiger partial charge in [0.05, 0.1) is 11.4 Å². The van der Waals surface area contributed by atoms with Crippen molar-refractivity contribution < 1.29 is 9.32 Å². The van der Waals surface area contributed by atoms with Crippen molar-refractivity contribution in [2.75, 3.05) is 6.54 Å². The topological polar surface area (TPSA) is 98.7 Å². The van der Waals surface area contributed by atoms with Crippen molar-refractivity contribution in [3.05, 3.63) is 64.7 Å². The van der Waals surface area contributed by atoms with Gasteiger partial charge in [0.15, 0.2) is 5.65 Å². The van der Waals surface area contributed by atoms with Gasteiger partial charge in [-0.2, -0.15) is 4.68 Å². The Morgan fingerprint density at radius 2 is 2.04 bits per heavy atom. The van der Waals surface area contributed by atoms with E-state index in [9.17, 15) is 4.79 Å². The summed E-state index contributed by atoms with van der Waals surface area (Å²) in [7, 11) is 0. The summed E-state index contributed by atoms with van der Waals surface area (Å²) >= 11 is 0. The van der Waals surface area contributed by atoms with Crippen molar-refractivity contribution in [1.29, 1.82) is 0 Å². The van der Waals surface area contributed by atoms with Crippen molar-refractivity contribution in [3.8, 4) is 5.69 Å². The Balaban J connectivity index is 1.55. The molecule has 3 aromatic heterocycles. The van der Waals surface area contributed by atoms with Gasteiger partial charge < -0.3 is 9.84 Å². The zero-order valence-corrected chi connectivity index (χ0v) is 15.9. The molecule has 1 amide bonds. The summed E-state index contributed by atoms with van der Waals surface area (Å²) in [4.78, 5) is 17.1. The molecule has 0 saturated heterocycles. The number of aromatic nitrogens is 5. The van der Waals surface area contributed by atoms with Crippen LogP contribution in [0.15, 0.2) is 41.1 Å². The molecule has 0 bridgehead atoms. The summed E-state index contributed by atoms with van der Waals surface area (Å²) in [5, 5.41) is 15.3. The molecule has 4 aromatic rings. The highest BCUT2D eigenvalue weighted by Gasteiger charge is 2.16. The molecule has 4 rings (SSSR count). The first kappa shape index (κ1) is 17.8. The average molecular weight is 376 g/mol. The number of fused-ring (bicyclic) bond motifs is 1. The number of amides is 1. The number of pyridine rings is 1. The fourth-order valence-corrected chi connectivity index (χ4v) is 3.28. The van der Waals surface area contributed by atoms with Crippen LogP contribution in [0.3, 0.4) is 0 Å². The number of aryl methyl sites for hydroxylation is 2. The number of benzene rings is 1. The molecule has 0 aliphatic rings. The SMILES string of the molecule is Cc1noc(C)c1CCNC(=O)c1cccc(-n2nnc3cccnc32)c1C. The molecule has 1 N–H and O–H groups in total. The van der Waals surface area contributed by atoms with Crippen LogP contribution in [0.5, 0.6) is 0 Å². The minimum atomic E-state index is -0.136. The predicted octanol–water partition coefficient (Wildman–Crippen LogP) is 2.70. The monoisotopic (exact) mass is 376 g/mol. The Labute approximate surface area is 161 Å². The van der Waals surface area contributed by atoms with E-state index < -0.39 is 0 Å². The number of carbonyl (C=O) groups is 1. The van der Waals surface area contributed by atoms with E-state index in [4.69, 9.17) is 4.52 Å². The number of nitrogens with zero attached hydrogens (tertiary/aromatic N) is 5. The summed E-state index contributed by atoms with van der Waals surface area (Å²) in [5.74, 6) is 0.652. The quantitative estimate of drug-likeness (QED) is 0.575. The van der Waals surface area contributed by atoms with Gasteiger partial charge in [-0.1, -0.05) is 16.4 Å². The highest BCUT2D eigenvalue weighted by atomic mass is 16.5. The first-order valence-corrected chi connectivity index (χ1v) is 9.02. The molecule has 0 atom stereocenters. The van der Waals surface area contributed by atoms with E-state index >= 15 is 0 Å². The second kappa shape index (κ2) is 7.22. The van der Waals surface area contributed by atoms with Gasteiger partial charge in [-0.15, -0.1) is 5.10 Å². The summed E-state index contributed by atoms with van der Waals surface area (Å²) < 4.78 is 6.82. The van der Waals surface area contributed by atoms with Crippen LogP contribution in [0.1, 0.15) is 32.9 Å². The van der Waals surface area contributed by atoms with Crippen LogP contribution in [0.2, 0.25) is 0 Å². The van der Waals surface area contributed by atoms with Gasteiger partial charge in [0.1, 0.15) is 11.3 Å². The number of hydrogen-bond acceptors (Lipinski definition) is 6. The Hall–Kier alpha value is -3.55. The van der Waals surface area contributed by atoms with Crippen molar-refractivity contribution in [3.63, 3.8) is 0 Å². The normalized spacial score (nSPS) is 11.1. The van der Waals surface area contributed by atoms with Crippen molar-refractivity contribution in [2.45, 2.75) is 27.2 Å². The van der Waals surface area contributed by atoms with E-state index in [0.29, 0.717) is 29.7 Å². The molecule has 0 aliphatic carbocycles. The Bertz CT molecular complexity index is 1140. The molecule has 0 radical (unpaired) electrons. The molecule has 8 heteroatoms. The maximum Gasteiger partial charge on any atom is 0.251 e. The Morgan fingerprint density at radius 1 is 1.18 bits per heavy atom. The molecule has 0 fully saturated rings. The summed E-state index contributed by atoms with van der Waals surface area (Å²) in [5.41, 5.74) is 5.43. The predicted molar refractivity (Wildman–Crippen MR) is 103 cm³/mol. The van der Waals surface area contributed by atoms with E-state index in [2.05, 4.69) is 25.8 Å². The maximum absolute atomic E-state index is 12.7. The molecule has 0 saturated carbocycles. The second-order valence-corrected chi connectivity index (χ2v) is 6.61. The van der Waals surface area contributed by atoms with Gasteiger partial charge in [-0.25, -0.2) is 4.98 Å². The Kier molecular flexibility index (Phi) is 4.60. The summed E-state index contributed by atoms with van der Waals surface area (Å²) in [6.45, 7) is 6.17. The molecule has 0 aliphatic heterocycles. The third kappa shape index (κ3) is 3.13. The fourth-order valence-electron chi connectivity index (χ4n) is 3.28. The van der Waals surface area contributed by atoms with E-state index in [1.165, 1.54) is 0 Å². The minimum Gasteiger partial charge on any atom is -0.361 e. The van der Waals surface area contributed by atoms with Gasteiger partial charge in [0.25, 0.3) is 5.91 Å². The third-order valence-corrected chi connectivity index (χ3v) is 4.83. The molecule has 8 nitrogen and oxygen atoms in total. The van der Waals surface area contributed by atoms with E-state index in [1.807, 2.05) is 45.0 Å². The van der Waals surface area contributed by atoms with Crippen LogP contribution in [0.25, 0.3) is 16.9 Å². The van der Waals surface area contributed by atoms with Gasteiger partial charge in [0.2, 0.25) is 0 Å². The molecule has 0 unspecified atom stereocenters. The highest BCUT2D eigenvalue weighted by Crippen LogP contribution is 2.20. The Morgan fingerprint density at radius 3 is 2.82 bits per heavy atom. The smallest absolute Gasteiger partial charge is 0.251 e. The van der Waals surface area contributed by atoms with E-state index in [1.54, 1.807) is 16.9 Å². The molecule has 1 aromatic carbocycles. The first-order chi connectivity index (χ1) is 13.6. The number of hydrogen-bond donors (Lipinski definition) is 1. The lowest BCUT2D eigenvalue weighted by molar-refractivity contribution is 0.0953. The number of rotatable bonds is 5. The number of nitrogens with one attached hydrogen (secondary N) is 1. The van der Waals surface area contributed by atoms with Crippen molar-refractivity contribution in [1.82, 2.24) is 30.5 Å². The third-order valence-electron chi connectivity index (χ3n) is 4.83. The lowest BCUT2D eigenvalue weighted by Crippen LogP contribution is -2.27. The highest BCUT2D eigenvalue weighted by molar-refractivity contribution is 5.96. The summed E-state index contributed by atoms with van der Waals surface area (Å²) in [6, 6.07) is 9.21. The minimum absolute atomic E-state index is 0.136. The van der Waals surface area contributed by atoms with Crippen LogP contribution < -0.4 is 5.32 Å². The van der Waals surface area contributed by atoms with Gasteiger partial charge in [-0.3, -0.25) is 4.79 Å². The standard InChI is InChI=1S/C20H20N6O2/c1-12-15(20(27)22-11-9-16-13(2)24-28-14(16)3)6-4-8-18(12)26-19-17(23-25-26)7-5-10-21-19/h4-8,10H,9,11H2,1-3H3,(H,22,27). The maximum atomic E-state index is 12.7. The fraction of sp³-hybridized carbons (Fsp3) is 0.250. The van der Waals surface area contributed by atoms with Crippen LogP contribution in [0, 0.1) is 20.8 Å². The zero-order valence-electron chi connectivity index (χ0n) is 15.9. The second-order valence-electron chi connectivity index (χ2n) is 6.61. The first-order valence-electron chi connectivity index (χ1n) is 9.02. The van der Waals surface area contributed by atoms with E-state index in [0.717, 1.165) is 28.3 Å². The van der Waals surface area contributed by atoms with Crippen LogP contribution in [-0.2, 0) is 6.42 Å². The lowest BCUT2D eigenvalue weighted by Gasteiger charge is -2.11. The molecule has 142 valence electrons. The van der Waals surface area contributed by atoms with E-state index in [-0.39, 0.29) is 5.91 Å². The van der Waals surface area contributed by atoms with Crippen molar-refractivity contribution >= 4 is 17.1 Å². The summed E-state index contributed by atoms with van der Waals surface area (Å²) in [6.07, 6.45) is 2.37. The largest absolute Gasteiger partial charge is 0.361 e. The van der Waals surface area contributed by atoms with Crippen LogP contribution >= 0.6 is 0 Å². The van der Waals surface area contributed by atoms with Gasteiger partial charge in [0, 0.05) is 23.9 Å². The van der Waals surface area contributed by atoms with Crippen LogP contribution in [0.4, 0.5) is 0 Å². The number of carbonyl (C=O) groups excluding carboxylic acids is 1. The molecule has 3 heterocycles. The van der Waals surface area contributed by atoms with Crippen molar-refractivity contribution in [2.24, 2.45) is 0 Å². The van der Waals surface area contributed by atoms with Gasteiger partial charge in [-0.05, 0) is 57.0 Å². The molecule has 28 heavy (non-hydrogen) atoms. The van der Waals surface area contributed by atoms with Crippen LogP contribution in [-0.4, -0.2) is 37.6 Å². The molecular weight excluding hydrogens is 356 g/mol. The lowest BCUT2D eigenvalue weighted by atomic mass is 10.1. The average Bonchev–Trinajstić information content (AvgIpc) is 3.26. The zero-order chi connectivity index (χ0) is 19.7. The molecular formula is C20H20N6O2. The molecule has 0 spiro atoms.